The van der Waals surface area contributed by atoms with Gasteiger partial charge in [0, 0.05) is 23.3 Å². The van der Waals surface area contributed by atoms with E-state index in [4.69, 9.17) is 9.47 Å². The molecule has 0 aromatic heterocycles. The molecule has 0 saturated heterocycles. The van der Waals surface area contributed by atoms with Crippen LogP contribution in [0.4, 0.5) is 0 Å². The number of phenolic OH excluding ortho intramolecular Hbond substituents is 2. The fraction of sp³-hybridized carbons (Fsp3) is 0.455. The molecule has 2 aromatic carbocycles. The third-order valence-corrected chi connectivity index (χ3v) is 3.95. The molecule has 0 atom stereocenters. The molecule has 0 fully saturated rings. The molecule has 0 aliphatic carbocycles. The molecule has 2 rings (SSSR count). The van der Waals surface area contributed by atoms with E-state index in [0.717, 1.165) is 24.8 Å². The molecule has 4 heteroatoms. The predicted octanol–water partition coefficient (Wildman–Crippen LogP) is 5.68. The van der Waals surface area contributed by atoms with E-state index in [9.17, 15) is 10.2 Å². The summed E-state index contributed by atoms with van der Waals surface area (Å²) in [5, 5.41) is 21.2. The molecule has 26 heavy (non-hydrogen) atoms. The Morgan fingerprint density at radius 2 is 1.46 bits per heavy atom. The Hall–Kier alpha value is -2.36. The van der Waals surface area contributed by atoms with Gasteiger partial charge in [0.1, 0.15) is 23.0 Å². The van der Waals surface area contributed by atoms with Gasteiger partial charge in [-0.05, 0) is 64.3 Å². The second-order valence-corrected chi connectivity index (χ2v) is 7.09. The van der Waals surface area contributed by atoms with Gasteiger partial charge in [-0.1, -0.05) is 13.3 Å². The van der Waals surface area contributed by atoms with Crippen molar-refractivity contribution in [1.29, 1.82) is 0 Å². The zero-order valence-electron chi connectivity index (χ0n) is 16.4. The summed E-state index contributed by atoms with van der Waals surface area (Å²) in [5.74, 6) is 1.46. The molecule has 2 aromatic rings. The number of aromatic hydroxyl groups is 2. The van der Waals surface area contributed by atoms with Crippen molar-refractivity contribution in [3.05, 3.63) is 35.9 Å². The number of rotatable bonds is 8. The van der Waals surface area contributed by atoms with Crippen LogP contribution in [-0.2, 0) is 6.42 Å². The lowest BCUT2D eigenvalue weighted by atomic mass is 9.94. The van der Waals surface area contributed by atoms with Gasteiger partial charge in [0.05, 0.1) is 12.2 Å². The highest BCUT2D eigenvalue weighted by Crippen LogP contribution is 2.42. The molecule has 0 amide bonds. The number of hydrogen-bond donors (Lipinski definition) is 2. The van der Waals surface area contributed by atoms with Crippen molar-refractivity contribution in [2.24, 2.45) is 0 Å². The third kappa shape index (κ3) is 5.07. The quantitative estimate of drug-likeness (QED) is 0.637. The maximum absolute atomic E-state index is 10.7. The molecule has 0 unspecified atom stereocenters. The van der Waals surface area contributed by atoms with Crippen molar-refractivity contribution < 1.29 is 19.7 Å². The summed E-state index contributed by atoms with van der Waals surface area (Å²) < 4.78 is 11.4. The summed E-state index contributed by atoms with van der Waals surface area (Å²) in [6.45, 7) is 9.91. The Balaban J connectivity index is 2.49. The van der Waals surface area contributed by atoms with Gasteiger partial charge in [0.2, 0.25) is 0 Å². The van der Waals surface area contributed by atoms with E-state index >= 15 is 0 Å². The molecule has 0 saturated carbocycles. The van der Waals surface area contributed by atoms with Crippen LogP contribution in [0, 0.1) is 0 Å². The summed E-state index contributed by atoms with van der Waals surface area (Å²) in [6.07, 6.45) is 2.90. The first-order chi connectivity index (χ1) is 12.3. The molecule has 0 bridgehead atoms. The third-order valence-electron chi connectivity index (χ3n) is 3.95. The van der Waals surface area contributed by atoms with Gasteiger partial charge in [0.15, 0.2) is 0 Å². The lowest BCUT2D eigenvalue weighted by Crippen LogP contribution is -2.06. The van der Waals surface area contributed by atoms with Crippen LogP contribution in [0.2, 0.25) is 0 Å². The van der Waals surface area contributed by atoms with E-state index < -0.39 is 0 Å². The summed E-state index contributed by atoms with van der Waals surface area (Å²) in [7, 11) is 0. The predicted molar refractivity (Wildman–Crippen MR) is 105 cm³/mol. The Labute approximate surface area is 156 Å². The van der Waals surface area contributed by atoms with Gasteiger partial charge >= 0.3 is 0 Å². The van der Waals surface area contributed by atoms with Crippen molar-refractivity contribution in [2.45, 2.75) is 66.1 Å². The van der Waals surface area contributed by atoms with Crippen LogP contribution in [0.15, 0.2) is 30.3 Å². The maximum Gasteiger partial charge on any atom is 0.127 e. The zero-order valence-corrected chi connectivity index (χ0v) is 16.4. The summed E-state index contributed by atoms with van der Waals surface area (Å²) in [6, 6.07) is 8.78. The number of hydrogen-bond acceptors (Lipinski definition) is 4. The number of benzene rings is 2. The fourth-order valence-electron chi connectivity index (χ4n) is 2.94. The van der Waals surface area contributed by atoms with Crippen LogP contribution in [0.3, 0.4) is 0 Å². The first kappa shape index (κ1) is 20.0. The lowest BCUT2D eigenvalue weighted by Gasteiger charge is -2.18. The van der Waals surface area contributed by atoms with Crippen LogP contribution < -0.4 is 9.47 Å². The molecule has 2 N–H and O–H groups in total. The Bertz CT molecular complexity index is 735. The molecule has 0 radical (unpaired) electrons. The highest BCUT2D eigenvalue weighted by molar-refractivity contribution is 5.79. The van der Waals surface area contributed by atoms with Crippen molar-refractivity contribution in [3.8, 4) is 34.1 Å². The lowest BCUT2D eigenvalue weighted by molar-refractivity contribution is 0.241. The smallest absolute Gasteiger partial charge is 0.127 e. The van der Waals surface area contributed by atoms with Gasteiger partial charge in [-0.25, -0.2) is 0 Å². The molecular formula is C22H30O4. The Morgan fingerprint density at radius 1 is 0.846 bits per heavy atom. The number of phenols is 2. The summed E-state index contributed by atoms with van der Waals surface area (Å²) >= 11 is 0. The normalized spacial score (nSPS) is 11.2. The molecule has 0 spiro atoms. The number of unbranched alkanes of at least 4 members (excludes halogenated alkanes) is 1. The van der Waals surface area contributed by atoms with E-state index in [-0.39, 0.29) is 23.7 Å². The molecule has 0 aliphatic rings. The highest BCUT2D eigenvalue weighted by Gasteiger charge is 2.17. The second kappa shape index (κ2) is 8.84. The van der Waals surface area contributed by atoms with Gasteiger partial charge in [-0.15, -0.1) is 0 Å². The minimum atomic E-state index is 0.0279. The van der Waals surface area contributed by atoms with E-state index in [1.54, 1.807) is 18.2 Å². The summed E-state index contributed by atoms with van der Waals surface area (Å²) in [4.78, 5) is 0. The molecule has 0 heterocycles. The van der Waals surface area contributed by atoms with E-state index in [1.165, 1.54) is 0 Å². The van der Waals surface area contributed by atoms with Crippen LogP contribution in [0.25, 0.3) is 11.1 Å². The molecule has 4 nitrogen and oxygen atoms in total. The SMILES string of the molecule is CCCCc1cc(OC(C)C)cc(O)c1-c1ccc(OC(C)C)cc1O. The van der Waals surface area contributed by atoms with Gasteiger partial charge in [-0.3, -0.25) is 0 Å². The average Bonchev–Trinajstić information content (AvgIpc) is 2.52. The number of ether oxygens (including phenoxy) is 2. The Morgan fingerprint density at radius 3 is 2.04 bits per heavy atom. The summed E-state index contributed by atoms with van der Waals surface area (Å²) in [5.41, 5.74) is 2.22. The van der Waals surface area contributed by atoms with Crippen LogP contribution in [-0.4, -0.2) is 22.4 Å². The fourth-order valence-corrected chi connectivity index (χ4v) is 2.94. The second-order valence-electron chi connectivity index (χ2n) is 7.09. The molecule has 0 aliphatic heterocycles. The number of aryl methyl sites for hydroxylation is 1. The highest BCUT2D eigenvalue weighted by atomic mass is 16.5. The first-order valence-corrected chi connectivity index (χ1v) is 9.34. The minimum Gasteiger partial charge on any atom is -0.507 e. The van der Waals surface area contributed by atoms with Gasteiger partial charge in [0.25, 0.3) is 0 Å². The Kier molecular flexibility index (Phi) is 6.78. The van der Waals surface area contributed by atoms with Crippen LogP contribution >= 0.6 is 0 Å². The van der Waals surface area contributed by atoms with E-state index in [2.05, 4.69) is 6.92 Å². The van der Waals surface area contributed by atoms with Crippen LogP contribution in [0.5, 0.6) is 23.0 Å². The van der Waals surface area contributed by atoms with Gasteiger partial charge < -0.3 is 19.7 Å². The average molecular weight is 358 g/mol. The van der Waals surface area contributed by atoms with Crippen molar-refractivity contribution >= 4 is 0 Å². The van der Waals surface area contributed by atoms with E-state index in [0.29, 0.717) is 22.6 Å². The largest absolute Gasteiger partial charge is 0.507 e. The first-order valence-electron chi connectivity index (χ1n) is 9.34. The maximum atomic E-state index is 10.7. The zero-order chi connectivity index (χ0) is 19.3. The van der Waals surface area contributed by atoms with E-state index in [1.807, 2.05) is 39.8 Å². The van der Waals surface area contributed by atoms with Crippen molar-refractivity contribution in [2.75, 3.05) is 0 Å². The van der Waals surface area contributed by atoms with Crippen molar-refractivity contribution in [1.82, 2.24) is 0 Å². The molecule has 142 valence electrons. The standard InChI is InChI=1S/C22H30O4/c1-6-7-8-16-11-18(26-15(4)5)13-21(24)22(16)19-10-9-17(12-20(19)23)25-14(2)3/h9-15,23-24H,6-8H2,1-5H3. The van der Waals surface area contributed by atoms with Crippen molar-refractivity contribution in [3.63, 3.8) is 0 Å². The molecular weight excluding hydrogens is 328 g/mol. The van der Waals surface area contributed by atoms with Crippen LogP contribution in [0.1, 0.15) is 53.0 Å². The monoisotopic (exact) mass is 358 g/mol. The topological polar surface area (TPSA) is 58.9 Å². The minimum absolute atomic E-state index is 0.0279. The van der Waals surface area contributed by atoms with Gasteiger partial charge in [-0.2, -0.15) is 0 Å².